The monoisotopic (exact) mass is 214 g/mol. The normalized spacial score (nSPS) is 14.4. The predicted molar refractivity (Wildman–Crippen MR) is 60.9 cm³/mol. The van der Waals surface area contributed by atoms with E-state index in [2.05, 4.69) is 30.4 Å². The van der Waals surface area contributed by atoms with E-state index < -0.39 is 0 Å². The van der Waals surface area contributed by atoms with Gasteiger partial charge < -0.3 is 4.57 Å². The number of aryl methyl sites for hydroxylation is 1. The van der Waals surface area contributed by atoms with Gasteiger partial charge in [0.25, 0.3) is 0 Å². The van der Waals surface area contributed by atoms with Crippen molar-refractivity contribution in [2.24, 2.45) is 7.05 Å². The lowest BCUT2D eigenvalue weighted by Gasteiger charge is -2.26. The van der Waals surface area contributed by atoms with Crippen LogP contribution in [0.25, 0.3) is 0 Å². The molecule has 1 aromatic rings. The van der Waals surface area contributed by atoms with E-state index in [-0.39, 0.29) is 10.8 Å². The van der Waals surface area contributed by atoms with Gasteiger partial charge in [-0.3, -0.25) is 0 Å². The van der Waals surface area contributed by atoms with Crippen LogP contribution in [-0.2, 0) is 12.5 Å². The predicted octanol–water partition coefficient (Wildman–Crippen LogP) is 3.02. The zero-order valence-corrected chi connectivity index (χ0v) is 10.4. The Morgan fingerprint density at radius 1 is 1.57 bits per heavy atom. The summed E-state index contributed by atoms with van der Waals surface area (Å²) < 4.78 is 2.14. The van der Waals surface area contributed by atoms with Gasteiger partial charge in [0.2, 0.25) is 0 Å². The molecule has 80 valence electrons. The number of halogens is 1. The Labute approximate surface area is 91.3 Å². The van der Waals surface area contributed by atoms with Gasteiger partial charge in [-0.2, -0.15) is 0 Å². The summed E-state index contributed by atoms with van der Waals surface area (Å²) >= 11 is 6.04. The van der Waals surface area contributed by atoms with Crippen LogP contribution < -0.4 is 0 Å². The molecule has 1 aromatic heterocycles. The van der Waals surface area contributed by atoms with E-state index in [0.717, 1.165) is 12.2 Å². The summed E-state index contributed by atoms with van der Waals surface area (Å²) in [7, 11) is 2.05. The highest BCUT2D eigenvalue weighted by atomic mass is 35.5. The molecular weight excluding hydrogens is 196 g/mol. The van der Waals surface area contributed by atoms with Crippen LogP contribution in [0.1, 0.15) is 38.7 Å². The summed E-state index contributed by atoms with van der Waals surface area (Å²) in [6.07, 6.45) is 2.92. The van der Waals surface area contributed by atoms with Crippen molar-refractivity contribution in [2.45, 2.75) is 44.9 Å². The minimum Gasteiger partial charge on any atom is -0.335 e. The lowest BCUT2D eigenvalue weighted by molar-refractivity contribution is 0.447. The van der Waals surface area contributed by atoms with Gasteiger partial charge in [0.15, 0.2) is 0 Å². The second kappa shape index (κ2) is 3.93. The molecule has 2 nitrogen and oxygen atoms in total. The molecule has 0 radical (unpaired) electrons. The van der Waals surface area contributed by atoms with Crippen molar-refractivity contribution >= 4 is 11.6 Å². The molecule has 1 unspecified atom stereocenters. The largest absolute Gasteiger partial charge is 0.335 e. The van der Waals surface area contributed by atoms with Crippen molar-refractivity contribution in [1.82, 2.24) is 9.55 Å². The highest BCUT2D eigenvalue weighted by molar-refractivity contribution is 6.20. The SMILES string of the molecule is Cc1ncc(C(C)(C)CC(C)Cl)n1C. The molecule has 0 aliphatic rings. The topological polar surface area (TPSA) is 17.8 Å². The summed E-state index contributed by atoms with van der Waals surface area (Å²) in [4.78, 5) is 4.31. The van der Waals surface area contributed by atoms with E-state index in [1.54, 1.807) is 0 Å². The Morgan fingerprint density at radius 2 is 2.14 bits per heavy atom. The fourth-order valence-corrected chi connectivity index (χ4v) is 2.32. The lowest BCUT2D eigenvalue weighted by atomic mass is 9.84. The van der Waals surface area contributed by atoms with Crippen LogP contribution in [0.5, 0.6) is 0 Å². The van der Waals surface area contributed by atoms with E-state index in [9.17, 15) is 0 Å². The number of aromatic nitrogens is 2. The number of hydrogen-bond donors (Lipinski definition) is 0. The van der Waals surface area contributed by atoms with E-state index in [1.165, 1.54) is 5.69 Å². The minimum absolute atomic E-state index is 0.0944. The zero-order chi connectivity index (χ0) is 10.9. The van der Waals surface area contributed by atoms with E-state index in [1.807, 2.05) is 20.0 Å². The van der Waals surface area contributed by atoms with Crippen molar-refractivity contribution in [3.63, 3.8) is 0 Å². The van der Waals surface area contributed by atoms with Gasteiger partial charge in [-0.15, -0.1) is 11.6 Å². The zero-order valence-electron chi connectivity index (χ0n) is 9.63. The lowest BCUT2D eigenvalue weighted by Crippen LogP contribution is -2.24. The fourth-order valence-electron chi connectivity index (χ4n) is 1.94. The Kier molecular flexibility index (Phi) is 3.25. The average molecular weight is 215 g/mol. The molecule has 0 saturated carbocycles. The second-order valence-electron chi connectivity index (χ2n) is 4.62. The maximum absolute atomic E-state index is 6.04. The van der Waals surface area contributed by atoms with Crippen molar-refractivity contribution in [1.29, 1.82) is 0 Å². The minimum atomic E-state index is 0.0944. The summed E-state index contributed by atoms with van der Waals surface area (Å²) in [5, 5.41) is 0.195. The first-order chi connectivity index (χ1) is 6.34. The highest BCUT2D eigenvalue weighted by Crippen LogP contribution is 2.29. The van der Waals surface area contributed by atoms with Gasteiger partial charge in [0.1, 0.15) is 5.82 Å². The van der Waals surface area contributed by atoms with E-state index >= 15 is 0 Å². The van der Waals surface area contributed by atoms with Gasteiger partial charge in [-0.1, -0.05) is 13.8 Å². The first kappa shape index (κ1) is 11.6. The van der Waals surface area contributed by atoms with Crippen LogP contribution in [-0.4, -0.2) is 14.9 Å². The molecule has 1 atom stereocenters. The van der Waals surface area contributed by atoms with Crippen molar-refractivity contribution in [2.75, 3.05) is 0 Å². The Morgan fingerprint density at radius 3 is 2.50 bits per heavy atom. The molecule has 0 aromatic carbocycles. The molecule has 1 rings (SSSR count). The quantitative estimate of drug-likeness (QED) is 0.708. The third kappa shape index (κ3) is 2.30. The molecular formula is C11H19ClN2. The molecule has 3 heteroatoms. The molecule has 1 heterocycles. The van der Waals surface area contributed by atoms with Crippen molar-refractivity contribution < 1.29 is 0 Å². The summed E-state index contributed by atoms with van der Waals surface area (Å²) in [6.45, 7) is 8.47. The fraction of sp³-hybridized carbons (Fsp3) is 0.727. The Balaban J connectivity index is 2.97. The van der Waals surface area contributed by atoms with Gasteiger partial charge in [0, 0.05) is 29.7 Å². The molecule has 14 heavy (non-hydrogen) atoms. The number of alkyl halides is 1. The number of hydrogen-bond acceptors (Lipinski definition) is 1. The molecule has 0 aliphatic heterocycles. The van der Waals surface area contributed by atoms with E-state index in [0.29, 0.717) is 0 Å². The maximum atomic E-state index is 6.04. The van der Waals surface area contributed by atoms with Gasteiger partial charge in [-0.25, -0.2) is 4.98 Å². The van der Waals surface area contributed by atoms with Crippen molar-refractivity contribution in [3.05, 3.63) is 17.7 Å². The molecule has 0 amide bonds. The van der Waals surface area contributed by atoms with E-state index in [4.69, 9.17) is 11.6 Å². The number of imidazole rings is 1. The molecule has 0 aliphatic carbocycles. The number of nitrogens with zero attached hydrogens (tertiary/aromatic N) is 2. The van der Waals surface area contributed by atoms with Crippen molar-refractivity contribution in [3.8, 4) is 0 Å². The maximum Gasteiger partial charge on any atom is 0.105 e. The molecule has 0 N–H and O–H groups in total. The first-order valence-corrected chi connectivity index (χ1v) is 5.41. The molecule has 0 spiro atoms. The van der Waals surface area contributed by atoms with Crippen LogP contribution in [0.2, 0.25) is 0 Å². The number of rotatable bonds is 3. The second-order valence-corrected chi connectivity index (χ2v) is 5.36. The standard InChI is InChI=1S/C11H19ClN2/c1-8(12)6-11(3,4)10-7-13-9(2)14(10)5/h7-8H,6H2,1-5H3. The average Bonchev–Trinajstić information content (AvgIpc) is 2.30. The Hall–Kier alpha value is -0.500. The first-order valence-electron chi connectivity index (χ1n) is 4.97. The molecule has 0 fully saturated rings. The van der Waals surface area contributed by atoms with Crippen LogP contribution in [0.3, 0.4) is 0 Å². The third-order valence-corrected chi connectivity index (χ3v) is 2.86. The van der Waals surface area contributed by atoms with Crippen LogP contribution in [0.15, 0.2) is 6.20 Å². The van der Waals surface area contributed by atoms with Crippen LogP contribution >= 0.6 is 11.6 Å². The molecule has 0 bridgehead atoms. The summed E-state index contributed by atoms with van der Waals surface area (Å²) in [5.74, 6) is 1.05. The summed E-state index contributed by atoms with van der Waals surface area (Å²) in [6, 6.07) is 0. The van der Waals surface area contributed by atoms with Gasteiger partial charge in [0.05, 0.1) is 0 Å². The third-order valence-electron chi connectivity index (χ3n) is 2.71. The smallest absolute Gasteiger partial charge is 0.105 e. The molecule has 0 saturated heterocycles. The van der Waals surface area contributed by atoms with Crippen LogP contribution in [0.4, 0.5) is 0 Å². The van der Waals surface area contributed by atoms with Crippen LogP contribution in [0, 0.1) is 6.92 Å². The Bertz CT molecular complexity index is 313. The summed E-state index contributed by atoms with van der Waals surface area (Å²) in [5.41, 5.74) is 1.35. The van der Waals surface area contributed by atoms with Gasteiger partial charge in [-0.05, 0) is 20.3 Å². The highest BCUT2D eigenvalue weighted by Gasteiger charge is 2.26. The van der Waals surface area contributed by atoms with Gasteiger partial charge >= 0.3 is 0 Å².